The molecule has 40 heavy (non-hydrogen) atoms. The van der Waals surface area contributed by atoms with Crippen molar-refractivity contribution in [3.8, 4) is 16.9 Å². The Balaban J connectivity index is 1.50. The topological polar surface area (TPSA) is 79.3 Å². The first-order valence-corrected chi connectivity index (χ1v) is 12.7. The van der Waals surface area contributed by atoms with E-state index in [-0.39, 0.29) is 30.1 Å². The number of nitrogens with one attached hydrogen (secondary N) is 1. The lowest BCUT2D eigenvalue weighted by atomic mass is 9.93. The third-order valence-corrected chi connectivity index (χ3v) is 6.88. The van der Waals surface area contributed by atoms with E-state index in [0.717, 1.165) is 22.8 Å². The number of amides is 1. The van der Waals surface area contributed by atoms with E-state index in [0.29, 0.717) is 28.8 Å². The molecule has 8 heteroatoms. The molecule has 0 spiro atoms. The fraction of sp³-hybridized carbons (Fsp3) is 0.156. The van der Waals surface area contributed by atoms with Gasteiger partial charge in [0.15, 0.2) is 5.78 Å². The number of benzene rings is 3. The summed E-state index contributed by atoms with van der Waals surface area (Å²) in [5, 5.41) is 12.9. The number of carbonyl (C=O) groups excluding carboxylic acids is 2. The van der Waals surface area contributed by atoms with Crippen LogP contribution in [0.3, 0.4) is 0 Å². The molecule has 1 aromatic heterocycles. The molecule has 0 bridgehead atoms. The van der Waals surface area contributed by atoms with Gasteiger partial charge in [-0.05, 0) is 90.1 Å². The summed E-state index contributed by atoms with van der Waals surface area (Å²) in [5.41, 5.74) is 4.18. The quantitative estimate of drug-likeness (QED) is 0.249. The molecular formula is C32H25F3N2O3. The molecule has 0 saturated carbocycles. The molecule has 1 atom stereocenters. The van der Waals surface area contributed by atoms with E-state index in [9.17, 15) is 27.9 Å². The molecule has 1 heterocycles. The molecule has 1 amide bonds. The van der Waals surface area contributed by atoms with Gasteiger partial charge in [-0.1, -0.05) is 24.3 Å². The molecule has 202 valence electrons. The van der Waals surface area contributed by atoms with Crippen LogP contribution in [0, 0.1) is 17.5 Å². The second kappa shape index (κ2) is 11.2. The van der Waals surface area contributed by atoms with E-state index >= 15 is 0 Å². The number of rotatable bonds is 8. The number of aromatic hydroxyl groups is 1. The van der Waals surface area contributed by atoms with Gasteiger partial charge in [-0.25, -0.2) is 13.2 Å². The Morgan fingerprint density at radius 2 is 1.75 bits per heavy atom. The number of hydrogen-bond donors (Lipinski definition) is 2. The Bertz CT molecular complexity index is 1650. The summed E-state index contributed by atoms with van der Waals surface area (Å²) in [7, 11) is 0. The van der Waals surface area contributed by atoms with Crippen LogP contribution in [0.15, 0.2) is 79.0 Å². The van der Waals surface area contributed by atoms with Crippen molar-refractivity contribution in [2.24, 2.45) is 0 Å². The maximum absolute atomic E-state index is 14.3. The van der Waals surface area contributed by atoms with E-state index in [4.69, 9.17) is 0 Å². The Morgan fingerprint density at radius 1 is 0.975 bits per heavy atom. The van der Waals surface area contributed by atoms with E-state index in [1.165, 1.54) is 43.5 Å². The minimum atomic E-state index is -0.818. The van der Waals surface area contributed by atoms with Crippen molar-refractivity contribution in [3.05, 3.63) is 124 Å². The summed E-state index contributed by atoms with van der Waals surface area (Å²) < 4.78 is 42.4. The number of fused-ring (bicyclic) bond motifs is 1. The molecule has 5 nitrogen and oxygen atoms in total. The number of ketones is 1. The lowest BCUT2D eigenvalue weighted by Crippen LogP contribution is -2.31. The van der Waals surface area contributed by atoms with Gasteiger partial charge >= 0.3 is 0 Å². The highest BCUT2D eigenvalue weighted by molar-refractivity contribution is 5.96. The average Bonchev–Trinajstić information content (AvgIpc) is 3.29. The third kappa shape index (κ3) is 5.81. The van der Waals surface area contributed by atoms with Crippen LogP contribution in [0.25, 0.3) is 16.7 Å². The van der Waals surface area contributed by atoms with Gasteiger partial charge in [-0.2, -0.15) is 0 Å². The predicted octanol–water partition coefficient (Wildman–Crippen LogP) is 6.50. The first-order valence-electron chi connectivity index (χ1n) is 12.7. The number of halogens is 3. The highest BCUT2D eigenvalue weighted by Gasteiger charge is 2.24. The summed E-state index contributed by atoms with van der Waals surface area (Å²) in [6.07, 6.45) is 4.11. The van der Waals surface area contributed by atoms with Crippen LogP contribution in [0.4, 0.5) is 13.2 Å². The lowest BCUT2D eigenvalue weighted by Gasteiger charge is -2.22. The zero-order valence-corrected chi connectivity index (χ0v) is 21.5. The summed E-state index contributed by atoms with van der Waals surface area (Å²) in [6, 6.07) is 14.9. The molecule has 0 unspecified atom stereocenters. The SMILES string of the molecule is CC(=O)c1cc(-c2cccnc2[C@H](Cc2cc(F)cc(F)c2)NC(=O)CC2=CCc3ccc(O)cc32)ccc1F. The zero-order chi connectivity index (χ0) is 28.4. The van der Waals surface area contributed by atoms with Crippen molar-refractivity contribution in [2.45, 2.75) is 32.2 Å². The van der Waals surface area contributed by atoms with Crippen molar-refractivity contribution < 1.29 is 27.9 Å². The van der Waals surface area contributed by atoms with E-state index in [1.807, 2.05) is 12.1 Å². The van der Waals surface area contributed by atoms with Gasteiger partial charge < -0.3 is 10.4 Å². The van der Waals surface area contributed by atoms with Crippen LogP contribution in [0.2, 0.25) is 0 Å². The molecule has 3 aromatic carbocycles. The number of allylic oxidation sites excluding steroid dienone is 1. The Hall–Kier alpha value is -4.72. The van der Waals surface area contributed by atoms with E-state index < -0.39 is 29.3 Å². The molecule has 0 fully saturated rings. The summed E-state index contributed by atoms with van der Waals surface area (Å²) >= 11 is 0. The number of pyridine rings is 1. The molecule has 1 aliphatic carbocycles. The average molecular weight is 543 g/mol. The van der Waals surface area contributed by atoms with Gasteiger partial charge in [-0.3, -0.25) is 14.6 Å². The lowest BCUT2D eigenvalue weighted by molar-refractivity contribution is -0.120. The van der Waals surface area contributed by atoms with Crippen LogP contribution in [0.1, 0.15) is 52.1 Å². The molecule has 2 N–H and O–H groups in total. The number of carbonyl (C=O) groups is 2. The monoisotopic (exact) mass is 542 g/mol. The Labute approximate surface area is 229 Å². The fourth-order valence-electron chi connectivity index (χ4n) is 5.05. The maximum Gasteiger partial charge on any atom is 0.224 e. The van der Waals surface area contributed by atoms with Crippen molar-refractivity contribution in [3.63, 3.8) is 0 Å². The molecule has 5 rings (SSSR count). The number of nitrogens with zero attached hydrogens (tertiary/aromatic N) is 1. The van der Waals surface area contributed by atoms with Crippen molar-refractivity contribution in [1.29, 1.82) is 0 Å². The van der Waals surface area contributed by atoms with Crippen molar-refractivity contribution in [2.75, 3.05) is 0 Å². The highest BCUT2D eigenvalue weighted by Crippen LogP contribution is 2.34. The normalized spacial score (nSPS) is 12.9. The van der Waals surface area contributed by atoms with Gasteiger partial charge in [0.25, 0.3) is 0 Å². The van der Waals surface area contributed by atoms with Crippen LogP contribution < -0.4 is 5.32 Å². The number of hydrogen-bond acceptors (Lipinski definition) is 4. The second-order valence-corrected chi connectivity index (χ2v) is 9.74. The second-order valence-electron chi connectivity index (χ2n) is 9.74. The zero-order valence-electron chi connectivity index (χ0n) is 21.5. The van der Waals surface area contributed by atoms with E-state index in [1.54, 1.807) is 24.3 Å². The van der Waals surface area contributed by atoms with Crippen molar-refractivity contribution in [1.82, 2.24) is 10.3 Å². The molecule has 0 radical (unpaired) electrons. The highest BCUT2D eigenvalue weighted by atomic mass is 19.1. The number of Topliss-reactive ketones (excluding diaryl/α,β-unsaturated/α-hetero) is 1. The predicted molar refractivity (Wildman–Crippen MR) is 145 cm³/mol. The fourth-order valence-corrected chi connectivity index (χ4v) is 5.05. The number of phenols is 1. The summed E-state index contributed by atoms with van der Waals surface area (Å²) in [4.78, 5) is 29.8. The molecular weight excluding hydrogens is 517 g/mol. The first-order chi connectivity index (χ1) is 19.2. The molecule has 4 aromatic rings. The smallest absolute Gasteiger partial charge is 0.224 e. The standard InChI is InChI=1S/C32H25F3N2O3/c1-18(38)27-14-21(7-9-29(27)35)26-3-2-10-36-32(26)30(13-19-11-23(33)16-24(34)12-19)37-31(40)15-22-5-4-20-6-8-25(39)17-28(20)22/h2-3,5-12,14,16-17,30,39H,4,13,15H2,1H3,(H,37,40)/t30-/m0/s1. The minimum absolute atomic E-state index is 0.0116. The Morgan fingerprint density at radius 3 is 2.50 bits per heavy atom. The largest absolute Gasteiger partial charge is 0.508 e. The van der Waals surface area contributed by atoms with Gasteiger partial charge in [-0.15, -0.1) is 0 Å². The third-order valence-electron chi connectivity index (χ3n) is 6.88. The minimum Gasteiger partial charge on any atom is -0.508 e. The van der Waals surface area contributed by atoms with Gasteiger partial charge in [0.05, 0.1) is 23.7 Å². The van der Waals surface area contributed by atoms with Gasteiger partial charge in [0.2, 0.25) is 5.91 Å². The molecule has 1 aliphatic rings. The van der Waals surface area contributed by atoms with Crippen LogP contribution in [-0.2, 0) is 17.6 Å². The molecule has 0 saturated heterocycles. The number of aromatic nitrogens is 1. The van der Waals surface area contributed by atoms with Crippen LogP contribution in [0.5, 0.6) is 5.75 Å². The van der Waals surface area contributed by atoms with Crippen LogP contribution >= 0.6 is 0 Å². The van der Waals surface area contributed by atoms with Crippen molar-refractivity contribution >= 4 is 17.3 Å². The van der Waals surface area contributed by atoms with E-state index in [2.05, 4.69) is 10.3 Å². The number of phenolic OH excluding ortho intramolecular Hbond substituents is 1. The Kier molecular flexibility index (Phi) is 7.51. The molecule has 0 aliphatic heterocycles. The first kappa shape index (κ1) is 26.9. The summed E-state index contributed by atoms with van der Waals surface area (Å²) in [6.45, 7) is 1.27. The summed E-state index contributed by atoms with van der Waals surface area (Å²) in [5.74, 6) is -2.86. The van der Waals surface area contributed by atoms with Gasteiger partial charge in [0, 0.05) is 17.8 Å². The maximum atomic E-state index is 14.3. The van der Waals surface area contributed by atoms with Gasteiger partial charge in [0.1, 0.15) is 23.2 Å². The van der Waals surface area contributed by atoms with Crippen LogP contribution in [-0.4, -0.2) is 21.8 Å².